The summed E-state index contributed by atoms with van der Waals surface area (Å²) in [5.41, 5.74) is 1.72. The first kappa shape index (κ1) is 25.6. The standard InChI is InChI=1S/C26H25F2N5O4/c1-3-36-13-14-37-26-31-24(17-5-4-6-21(15-17)35-2)33(32-26)20-10-8-19(9-11-20)29-25(34)30-23-12-7-18(27)16-22(23)28/h4-12,15-16H,3,13-14H2,1-2H3,(H2,29,30,34). The highest BCUT2D eigenvalue weighted by Crippen LogP contribution is 2.27. The average Bonchev–Trinajstić information content (AvgIpc) is 3.33. The lowest BCUT2D eigenvalue weighted by molar-refractivity contribution is 0.106. The number of amides is 2. The Kier molecular flexibility index (Phi) is 8.26. The molecule has 0 radical (unpaired) electrons. The van der Waals surface area contributed by atoms with Gasteiger partial charge in [-0.15, -0.1) is 5.10 Å². The van der Waals surface area contributed by atoms with Crippen LogP contribution in [0.5, 0.6) is 11.8 Å². The van der Waals surface area contributed by atoms with Crippen LogP contribution < -0.4 is 20.1 Å². The Morgan fingerprint density at radius 1 is 1.00 bits per heavy atom. The summed E-state index contributed by atoms with van der Waals surface area (Å²) in [6.07, 6.45) is 0. The second-order valence-electron chi connectivity index (χ2n) is 7.66. The van der Waals surface area contributed by atoms with Crippen LogP contribution in [0, 0.1) is 11.6 Å². The zero-order valence-corrected chi connectivity index (χ0v) is 20.2. The molecule has 3 aromatic carbocycles. The van der Waals surface area contributed by atoms with Crippen molar-refractivity contribution >= 4 is 17.4 Å². The second kappa shape index (κ2) is 12.0. The van der Waals surface area contributed by atoms with Gasteiger partial charge in [-0.3, -0.25) is 0 Å². The van der Waals surface area contributed by atoms with Crippen molar-refractivity contribution in [2.24, 2.45) is 0 Å². The lowest BCUT2D eigenvalue weighted by atomic mass is 10.2. The molecule has 0 saturated carbocycles. The van der Waals surface area contributed by atoms with E-state index in [4.69, 9.17) is 14.2 Å². The topological polar surface area (TPSA) is 99.5 Å². The van der Waals surface area contributed by atoms with Crippen LogP contribution in [0.2, 0.25) is 0 Å². The molecule has 2 N–H and O–H groups in total. The van der Waals surface area contributed by atoms with Crippen molar-refractivity contribution in [2.75, 3.05) is 37.6 Å². The van der Waals surface area contributed by atoms with E-state index >= 15 is 0 Å². The monoisotopic (exact) mass is 509 g/mol. The molecule has 37 heavy (non-hydrogen) atoms. The van der Waals surface area contributed by atoms with E-state index < -0.39 is 17.7 Å². The van der Waals surface area contributed by atoms with E-state index in [-0.39, 0.29) is 11.7 Å². The van der Waals surface area contributed by atoms with E-state index in [9.17, 15) is 13.6 Å². The number of halogens is 2. The Labute approximate surface area is 212 Å². The van der Waals surface area contributed by atoms with Gasteiger partial charge in [-0.05, 0) is 55.5 Å². The molecule has 0 unspecified atom stereocenters. The van der Waals surface area contributed by atoms with Gasteiger partial charge in [-0.2, -0.15) is 4.98 Å². The maximum atomic E-state index is 13.8. The zero-order valence-electron chi connectivity index (χ0n) is 20.2. The number of nitrogens with one attached hydrogen (secondary N) is 2. The molecule has 4 aromatic rings. The van der Waals surface area contributed by atoms with E-state index in [2.05, 4.69) is 20.7 Å². The molecule has 0 atom stereocenters. The maximum Gasteiger partial charge on any atom is 0.336 e. The predicted octanol–water partition coefficient (Wildman–Crippen LogP) is 5.28. The SMILES string of the molecule is CCOCCOc1nc(-c2cccc(OC)c2)n(-c2ccc(NC(=O)Nc3ccc(F)cc3F)cc2)n1. The van der Waals surface area contributed by atoms with Gasteiger partial charge >= 0.3 is 12.0 Å². The van der Waals surface area contributed by atoms with Crippen LogP contribution in [-0.2, 0) is 4.74 Å². The van der Waals surface area contributed by atoms with Crippen molar-refractivity contribution in [3.05, 3.63) is 78.4 Å². The van der Waals surface area contributed by atoms with E-state index in [1.165, 1.54) is 0 Å². The molecule has 11 heteroatoms. The molecule has 0 aliphatic carbocycles. The van der Waals surface area contributed by atoms with Crippen molar-refractivity contribution < 1.29 is 27.8 Å². The molecule has 192 valence electrons. The Morgan fingerprint density at radius 3 is 2.54 bits per heavy atom. The van der Waals surface area contributed by atoms with Gasteiger partial charge in [-0.1, -0.05) is 12.1 Å². The van der Waals surface area contributed by atoms with Crippen LogP contribution in [0.3, 0.4) is 0 Å². The molecule has 1 heterocycles. The third-order valence-corrected chi connectivity index (χ3v) is 5.13. The van der Waals surface area contributed by atoms with E-state index in [1.807, 2.05) is 31.2 Å². The van der Waals surface area contributed by atoms with E-state index in [0.717, 1.165) is 17.7 Å². The molecule has 0 bridgehead atoms. The van der Waals surface area contributed by atoms with Gasteiger partial charge in [0.25, 0.3) is 0 Å². The first-order valence-corrected chi connectivity index (χ1v) is 11.4. The fourth-order valence-electron chi connectivity index (χ4n) is 3.38. The normalized spacial score (nSPS) is 10.7. The number of rotatable bonds is 10. The zero-order chi connectivity index (χ0) is 26.2. The molecule has 0 saturated heterocycles. The fourth-order valence-corrected chi connectivity index (χ4v) is 3.38. The number of benzene rings is 3. The van der Waals surface area contributed by atoms with Gasteiger partial charge in [-0.25, -0.2) is 18.3 Å². The number of hydrogen-bond donors (Lipinski definition) is 2. The van der Waals surface area contributed by atoms with Gasteiger partial charge < -0.3 is 24.8 Å². The van der Waals surface area contributed by atoms with Crippen molar-refractivity contribution in [2.45, 2.75) is 6.92 Å². The highest BCUT2D eigenvalue weighted by atomic mass is 19.1. The molecule has 0 spiro atoms. The molecular weight excluding hydrogens is 484 g/mol. The minimum absolute atomic E-state index is 0.141. The van der Waals surface area contributed by atoms with Crippen LogP contribution in [0.1, 0.15) is 6.92 Å². The summed E-state index contributed by atoms with van der Waals surface area (Å²) < 4.78 is 44.8. The number of carbonyl (C=O) groups is 1. The number of ether oxygens (including phenoxy) is 3. The fraction of sp³-hybridized carbons (Fsp3) is 0.192. The summed E-state index contributed by atoms with van der Waals surface area (Å²) in [4.78, 5) is 16.8. The number of carbonyl (C=O) groups excluding carboxylic acids is 1. The first-order valence-electron chi connectivity index (χ1n) is 11.4. The van der Waals surface area contributed by atoms with Gasteiger partial charge in [0, 0.05) is 23.9 Å². The number of nitrogens with zero attached hydrogens (tertiary/aromatic N) is 3. The summed E-state index contributed by atoms with van der Waals surface area (Å²) in [7, 11) is 1.58. The second-order valence-corrected chi connectivity index (χ2v) is 7.66. The maximum absolute atomic E-state index is 13.8. The minimum atomic E-state index is -0.874. The number of anilines is 2. The van der Waals surface area contributed by atoms with Gasteiger partial charge in [0.05, 0.1) is 25.1 Å². The van der Waals surface area contributed by atoms with Crippen molar-refractivity contribution in [3.63, 3.8) is 0 Å². The van der Waals surface area contributed by atoms with Gasteiger partial charge in [0.15, 0.2) is 5.82 Å². The van der Waals surface area contributed by atoms with Gasteiger partial charge in [0.2, 0.25) is 0 Å². The van der Waals surface area contributed by atoms with Crippen LogP contribution in [0.4, 0.5) is 25.0 Å². The van der Waals surface area contributed by atoms with E-state index in [0.29, 0.717) is 48.8 Å². The minimum Gasteiger partial charge on any atom is -0.497 e. The third-order valence-electron chi connectivity index (χ3n) is 5.13. The van der Waals surface area contributed by atoms with Crippen LogP contribution in [-0.4, -0.2) is 47.7 Å². The molecule has 1 aromatic heterocycles. The Bertz CT molecular complexity index is 1360. The summed E-state index contributed by atoms with van der Waals surface area (Å²) in [5.74, 6) is -0.422. The number of methoxy groups -OCH3 is 1. The molecule has 0 aliphatic heterocycles. The van der Waals surface area contributed by atoms with Crippen molar-refractivity contribution in [1.29, 1.82) is 0 Å². The first-order chi connectivity index (χ1) is 18.0. The summed E-state index contributed by atoms with van der Waals surface area (Å²) in [6.45, 7) is 3.18. The molecule has 4 rings (SSSR count). The van der Waals surface area contributed by atoms with E-state index in [1.54, 1.807) is 36.1 Å². The number of aromatic nitrogens is 3. The van der Waals surface area contributed by atoms with Crippen molar-refractivity contribution in [1.82, 2.24) is 14.8 Å². The molecule has 0 aliphatic rings. The largest absolute Gasteiger partial charge is 0.497 e. The molecule has 2 amide bonds. The van der Waals surface area contributed by atoms with Crippen LogP contribution >= 0.6 is 0 Å². The lowest BCUT2D eigenvalue weighted by Gasteiger charge is -2.10. The smallest absolute Gasteiger partial charge is 0.336 e. The Hall–Kier alpha value is -4.51. The third kappa shape index (κ3) is 6.58. The van der Waals surface area contributed by atoms with Crippen LogP contribution in [0.25, 0.3) is 17.1 Å². The predicted molar refractivity (Wildman–Crippen MR) is 134 cm³/mol. The summed E-state index contributed by atoms with van der Waals surface area (Å²) in [5, 5.41) is 9.44. The number of urea groups is 1. The van der Waals surface area contributed by atoms with Crippen LogP contribution in [0.15, 0.2) is 66.7 Å². The molecule has 0 fully saturated rings. The molecule has 9 nitrogen and oxygen atoms in total. The van der Waals surface area contributed by atoms with Gasteiger partial charge in [0.1, 0.15) is 24.0 Å². The highest BCUT2D eigenvalue weighted by Gasteiger charge is 2.16. The quantitative estimate of drug-likeness (QED) is 0.282. The highest BCUT2D eigenvalue weighted by molar-refractivity contribution is 5.99. The molecular formula is C26H25F2N5O4. The average molecular weight is 510 g/mol. The van der Waals surface area contributed by atoms with Crippen molar-refractivity contribution in [3.8, 4) is 28.8 Å². The summed E-state index contributed by atoms with van der Waals surface area (Å²) in [6, 6.07) is 16.6. The summed E-state index contributed by atoms with van der Waals surface area (Å²) >= 11 is 0. The Morgan fingerprint density at radius 2 is 1.81 bits per heavy atom. The lowest BCUT2D eigenvalue weighted by Crippen LogP contribution is -2.20. The number of hydrogen-bond acceptors (Lipinski definition) is 6. The Balaban J connectivity index is 1.54.